The number of para-hydroxylation sites is 1. The number of ether oxygens (including phenoxy) is 1. The molecule has 26 heavy (non-hydrogen) atoms. The van der Waals surface area contributed by atoms with Crippen LogP contribution in [0.1, 0.15) is 22.8 Å². The summed E-state index contributed by atoms with van der Waals surface area (Å²) < 4.78 is 5.04. The summed E-state index contributed by atoms with van der Waals surface area (Å²) >= 11 is 5.91. The van der Waals surface area contributed by atoms with Crippen molar-refractivity contribution in [2.75, 3.05) is 11.5 Å². The average Bonchev–Trinajstić information content (AvgIpc) is 2.95. The number of benzene rings is 2. The van der Waals surface area contributed by atoms with E-state index < -0.39 is 17.5 Å². The average molecular weight is 375 g/mol. The Labute approximate surface area is 154 Å². The fraction of sp³-hybridized carbons (Fsp3) is 0.222. The number of nitro benzene ring substituents is 1. The lowest BCUT2D eigenvalue weighted by molar-refractivity contribution is -0.384. The summed E-state index contributed by atoms with van der Waals surface area (Å²) in [5.74, 6) is -1.25. The van der Waals surface area contributed by atoms with Gasteiger partial charge in [0.05, 0.1) is 15.5 Å². The quantitative estimate of drug-likeness (QED) is 0.465. The van der Waals surface area contributed by atoms with Gasteiger partial charge < -0.3 is 9.64 Å². The molecular weight excluding hydrogens is 360 g/mol. The van der Waals surface area contributed by atoms with Crippen LogP contribution >= 0.6 is 11.6 Å². The van der Waals surface area contributed by atoms with E-state index in [1.165, 1.54) is 12.1 Å². The molecule has 0 fully saturated rings. The first kappa shape index (κ1) is 17.9. The number of carbonyl (C=O) groups is 2. The molecule has 0 radical (unpaired) electrons. The van der Waals surface area contributed by atoms with Crippen LogP contribution in [-0.4, -0.2) is 29.4 Å². The summed E-state index contributed by atoms with van der Waals surface area (Å²) in [6.45, 7) is 1.44. The summed E-state index contributed by atoms with van der Waals surface area (Å²) in [7, 11) is 0. The van der Waals surface area contributed by atoms with E-state index in [0.29, 0.717) is 0 Å². The van der Waals surface area contributed by atoms with Gasteiger partial charge >= 0.3 is 5.97 Å². The number of halogens is 1. The molecule has 0 N–H and O–H groups in total. The Morgan fingerprint density at radius 1 is 1.31 bits per heavy atom. The molecule has 2 aromatic carbocycles. The smallest absolute Gasteiger partial charge is 0.340 e. The van der Waals surface area contributed by atoms with Crippen molar-refractivity contribution in [2.45, 2.75) is 19.4 Å². The standard InChI is InChI=1S/C18H15ClN2O5/c1-11-8-12-4-2-3-5-16(12)20(11)17(22)10-26-18(23)14-9-13(21(24)25)6-7-15(14)19/h2-7,9,11H,8,10H2,1H3/t11-/m0/s1. The Morgan fingerprint density at radius 2 is 2.04 bits per heavy atom. The lowest BCUT2D eigenvalue weighted by Gasteiger charge is -2.22. The molecular formula is C18H15ClN2O5. The lowest BCUT2D eigenvalue weighted by Crippen LogP contribution is -2.38. The van der Waals surface area contributed by atoms with Gasteiger partial charge in [-0.3, -0.25) is 14.9 Å². The molecule has 3 rings (SSSR count). The highest BCUT2D eigenvalue weighted by Crippen LogP contribution is 2.32. The minimum absolute atomic E-state index is 0.0212. The van der Waals surface area contributed by atoms with Crippen LogP contribution in [0.5, 0.6) is 0 Å². The van der Waals surface area contributed by atoms with Crippen LogP contribution in [0.25, 0.3) is 0 Å². The molecule has 1 amide bonds. The lowest BCUT2D eigenvalue weighted by atomic mass is 10.1. The van der Waals surface area contributed by atoms with Crippen molar-refractivity contribution in [1.82, 2.24) is 0 Å². The second kappa shape index (κ2) is 7.13. The number of carbonyl (C=O) groups excluding carboxylic acids is 2. The fourth-order valence-corrected chi connectivity index (χ4v) is 3.20. The van der Waals surface area contributed by atoms with Gasteiger partial charge in [0.25, 0.3) is 11.6 Å². The van der Waals surface area contributed by atoms with E-state index in [2.05, 4.69) is 0 Å². The zero-order chi connectivity index (χ0) is 18.8. The van der Waals surface area contributed by atoms with Crippen molar-refractivity contribution >= 4 is 34.9 Å². The number of amides is 1. The summed E-state index contributed by atoms with van der Waals surface area (Å²) in [6, 6.07) is 11.0. The van der Waals surface area contributed by atoms with Gasteiger partial charge in [-0.1, -0.05) is 29.8 Å². The van der Waals surface area contributed by atoms with Crippen LogP contribution < -0.4 is 4.90 Å². The molecule has 0 aliphatic carbocycles. The van der Waals surface area contributed by atoms with Crippen LogP contribution in [0, 0.1) is 10.1 Å². The molecule has 1 heterocycles. The SMILES string of the molecule is C[C@H]1Cc2ccccc2N1C(=O)COC(=O)c1cc([N+](=O)[O-])ccc1Cl. The predicted octanol–water partition coefficient (Wildman–Crippen LogP) is 3.38. The van der Waals surface area contributed by atoms with Gasteiger partial charge in [0.1, 0.15) is 0 Å². The molecule has 134 valence electrons. The molecule has 7 nitrogen and oxygen atoms in total. The largest absolute Gasteiger partial charge is 0.452 e. The van der Waals surface area contributed by atoms with E-state index in [9.17, 15) is 19.7 Å². The molecule has 1 aliphatic rings. The van der Waals surface area contributed by atoms with Crippen LogP contribution in [0.15, 0.2) is 42.5 Å². The van der Waals surface area contributed by atoms with Crippen molar-refractivity contribution in [3.05, 3.63) is 68.7 Å². The molecule has 0 spiro atoms. The maximum absolute atomic E-state index is 12.5. The van der Waals surface area contributed by atoms with Gasteiger partial charge in [-0.2, -0.15) is 0 Å². The second-order valence-corrected chi connectivity index (χ2v) is 6.35. The summed E-state index contributed by atoms with van der Waals surface area (Å²) in [4.78, 5) is 36.5. The maximum atomic E-state index is 12.5. The van der Waals surface area contributed by atoms with Crippen LogP contribution in [0.3, 0.4) is 0 Å². The van der Waals surface area contributed by atoms with Gasteiger partial charge in [0.2, 0.25) is 0 Å². The molecule has 2 aromatic rings. The van der Waals surface area contributed by atoms with Crippen LogP contribution in [0.2, 0.25) is 5.02 Å². The third kappa shape index (κ3) is 3.39. The Hall–Kier alpha value is -2.93. The van der Waals surface area contributed by atoms with E-state index in [1.807, 2.05) is 31.2 Å². The van der Waals surface area contributed by atoms with Crippen molar-refractivity contribution in [3.63, 3.8) is 0 Å². The summed E-state index contributed by atoms with van der Waals surface area (Å²) in [5.41, 5.74) is 1.43. The number of nitro groups is 1. The third-order valence-corrected chi connectivity index (χ3v) is 4.51. The summed E-state index contributed by atoms with van der Waals surface area (Å²) in [5, 5.41) is 10.9. The highest BCUT2D eigenvalue weighted by atomic mass is 35.5. The van der Waals surface area contributed by atoms with Crippen molar-refractivity contribution < 1.29 is 19.2 Å². The number of anilines is 1. The predicted molar refractivity (Wildman–Crippen MR) is 95.5 cm³/mol. The first-order chi connectivity index (χ1) is 12.4. The van der Waals surface area contributed by atoms with E-state index in [-0.39, 0.29) is 28.2 Å². The number of non-ortho nitro benzene ring substituents is 1. The minimum atomic E-state index is -0.882. The second-order valence-electron chi connectivity index (χ2n) is 5.94. The first-order valence-electron chi connectivity index (χ1n) is 7.89. The molecule has 0 aromatic heterocycles. The molecule has 0 saturated carbocycles. The van der Waals surface area contributed by atoms with Crippen LogP contribution in [-0.2, 0) is 16.0 Å². The van der Waals surface area contributed by atoms with E-state index >= 15 is 0 Å². The molecule has 0 bridgehead atoms. The number of hydrogen-bond donors (Lipinski definition) is 0. The Kier molecular flexibility index (Phi) is 4.90. The number of nitrogens with zero attached hydrogens (tertiary/aromatic N) is 2. The van der Waals surface area contributed by atoms with Gasteiger partial charge in [0, 0.05) is 23.9 Å². The number of rotatable bonds is 4. The third-order valence-electron chi connectivity index (χ3n) is 4.18. The topological polar surface area (TPSA) is 89.8 Å². The van der Waals surface area contributed by atoms with Crippen molar-refractivity contribution in [2.24, 2.45) is 0 Å². The number of hydrogen-bond acceptors (Lipinski definition) is 5. The fourth-order valence-electron chi connectivity index (χ4n) is 3.00. The van der Waals surface area contributed by atoms with E-state index in [0.717, 1.165) is 23.7 Å². The van der Waals surface area contributed by atoms with E-state index in [1.54, 1.807) is 4.90 Å². The van der Waals surface area contributed by atoms with Gasteiger partial charge in [-0.25, -0.2) is 4.79 Å². The Morgan fingerprint density at radius 3 is 2.77 bits per heavy atom. The number of fused-ring (bicyclic) bond motifs is 1. The van der Waals surface area contributed by atoms with Crippen LogP contribution in [0.4, 0.5) is 11.4 Å². The zero-order valence-corrected chi connectivity index (χ0v) is 14.6. The molecule has 8 heteroatoms. The van der Waals surface area contributed by atoms with Gasteiger partial charge in [-0.05, 0) is 31.0 Å². The maximum Gasteiger partial charge on any atom is 0.340 e. The Balaban J connectivity index is 1.71. The normalized spacial score (nSPS) is 15.5. The minimum Gasteiger partial charge on any atom is -0.452 e. The molecule has 1 atom stereocenters. The molecule has 0 saturated heterocycles. The number of esters is 1. The molecule has 1 aliphatic heterocycles. The highest BCUT2D eigenvalue weighted by molar-refractivity contribution is 6.33. The highest BCUT2D eigenvalue weighted by Gasteiger charge is 2.31. The van der Waals surface area contributed by atoms with Crippen molar-refractivity contribution in [3.8, 4) is 0 Å². The summed E-state index contributed by atoms with van der Waals surface area (Å²) in [6.07, 6.45) is 0.729. The van der Waals surface area contributed by atoms with Gasteiger partial charge in [0.15, 0.2) is 6.61 Å². The monoisotopic (exact) mass is 374 g/mol. The van der Waals surface area contributed by atoms with Gasteiger partial charge in [-0.15, -0.1) is 0 Å². The first-order valence-corrected chi connectivity index (χ1v) is 8.27. The Bertz CT molecular complexity index is 899. The molecule has 0 unspecified atom stereocenters. The van der Waals surface area contributed by atoms with Crippen molar-refractivity contribution in [1.29, 1.82) is 0 Å². The van der Waals surface area contributed by atoms with E-state index in [4.69, 9.17) is 16.3 Å². The zero-order valence-electron chi connectivity index (χ0n) is 13.8.